The minimum atomic E-state index is -6.09. The Morgan fingerprint density at radius 2 is 1.43 bits per heavy atom. The average Bonchev–Trinajstić information content (AvgIpc) is 3.19. The topological polar surface area (TPSA) is 303 Å². The smallest absolute Gasteiger partial charge is 0.404 e. The minimum absolute atomic E-state index is 0.0266. The Balaban J connectivity index is 0.000000984. The van der Waals surface area contributed by atoms with Gasteiger partial charge in [-0.15, -0.1) is 0 Å². The van der Waals surface area contributed by atoms with Crippen LogP contribution in [0, 0.1) is 0 Å². The normalized spacial score (nSPS) is 24.7. The van der Waals surface area contributed by atoms with Crippen molar-refractivity contribution in [1.82, 2.24) is 14.5 Å². The zero-order valence-corrected chi connectivity index (χ0v) is 29.1. The van der Waals surface area contributed by atoms with E-state index in [4.69, 9.17) is 16.3 Å². The second kappa shape index (κ2) is 17.4. The van der Waals surface area contributed by atoms with Crippen LogP contribution in [0.25, 0.3) is 0 Å². The van der Waals surface area contributed by atoms with Gasteiger partial charge in [0.05, 0.1) is 6.61 Å². The van der Waals surface area contributed by atoms with Crippen molar-refractivity contribution in [2.24, 2.45) is 0 Å². The van der Waals surface area contributed by atoms with Crippen molar-refractivity contribution in [3.63, 3.8) is 0 Å². The van der Waals surface area contributed by atoms with Gasteiger partial charge in [-0.1, -0.05) is 38.4 Å². The number of aliphatic hydroxyl groups excluding tert-OH is 2. The highest BCUT2D eigenvalue weighted by Crippen LogP contribution is 2.71. The maximum absolute atomic E-state index is 12.1. The van der Waals surface area contributed by atoms with Gasteiger partial charge >= 0.3 is 37.0 Å². The van der Waals surface area contributed by atoms with Crippen LogP contribution in [0.4, 0.5) is 0 Å². The van der Waals surface area contributed by atoms with Crippen molar-refractivity contribution in [2.75, 3.05) is 26.2 Å². The number of H-pyrrole nitrogens is 1. The molecule has 26 heteroatoms. The summed E-state index contributed by atoms with van der Waals surface area (Å²) in [6, 6.07) is 5.60. The lowest BCUT2D eigenvalue weighted by molar-refractivity contribution is -0.0542. The summed E-state index contributed by atoms with van der Waals surface area (Å²) in [6.45, 7) is 8.98. The molecule has 0 amide bonds. The summed E-state index contributed by atoms with van der Waals surface area (Å²) in [7, 11) is -23.4. The van der Waals surface area contributed by atoms with Crippen LogP contribution >= 0.6 is 42.9 Å². The Hall–Kier alpha value is -1.57. The van der Waals surface area contributed by atoms with E-state index in [2.05, 4.69) is 47.7 Å². The first-order valence-corrected chi connectivity index (χ1v) is 19.6. The molecule has 0 aliphatic carbocycles. The van der Waals surface area contributed by atoms with Crippen molar-refractivity contribution >= 4 is 42.9 Å². The Morgan fingerprint density at radius 1 is 0.872 bits per heavy atom. The molecular formula is C21H34ClN3O18P4. The fraction of sp³-hybridized carbons (Fsp3) is 0.524. The molecule has 1 aromatic carbocycles. The Labute approximate surface area is 271 Å². The van der Waals surface area contributed by atoms with E-state index in [1.807, 2.05) is 4.98 Å². The lowest BCUT2D eigenvalue weighted by atomic mass is 10.1. The largest absolute Gasteiger partial charge is 0.536 e. The summed E-state index contributed by atoms with van der Waals surface area (Å²) in [6.07, 6.45) is -6.06. The summed E-state index contributed by atoms with van der Waals surface area (Å²) >= 11 is 5.66. The maximum atomic E-state index is 12.1. The van der Waals surface area contributed by atoms with Crippen LogP contribution in [0.3, 0.4) is 0 Å². The maximum Gasteiger partial charge on any atom is 0.536 e. The molecule has 2 aromatic rings. The molecule has 268 valence electrons. The number of nitrogens with zero attached hydrogens (tertiary/aromatic N) is 2. The molecule has 0 radical (unpaired) electrons. The molecule has 7 N–H and O–H groups in total. The highest BCUT2D eigenvalue weighted by Gasteiger charge is 2.48. The molecule has 2 heterocycles. The third kappa shape index (κ3) is 13.7. The molecule has 3 rings (SSSR count). The standard InChI is InChI=1S/C15H19ClN2O18P4.C6H15N/c16-8-2-1-3-9(6-8)33-38(25,26)35-40(29,30)36-39(27,28)34-37(23,24)31-7-10-12(20)13(21)14(32-10)18-5-4-11(19)17-15(18)22;1-4-7(5-2)6-3/h1-6,10,12-14,20-21H,7H2,(H,23,24)(H,25,26)(H,27,28)(H,29,30)(H,17,19,22);4-6H2,1-3H3/t10-,12-,13-,14-;/m1./s1. The minimum Gasteiger partial charge on any atom is -0.404 e. The molecule has 1 fully saturated rings. The number of aliphatic hydroxyl groups is 2. The third-order valence-electron chi connectivity index (χ3n) is 5.84. The molecule has 21 nitrogen and oxygen atoms in total. The van der Waals surface area contributed by atoms with Crippen molar-refractivity contribution < 1.29 is 74.8 Å². The summed E-state index contributed by atoms with van der Waals surface area (Å²) < 4.78 is 74.1. The van der Waals surface area contributed by atoms with Crippen LogP contribution in [0.2, 0.25) is 5.02 Å². The number of halogens is 1. The van der Waals surface area contributed by atoms with E-state index in [1.165, 1.54) is 31.8 Å². The van der Waals surface area contributed by atoms with Crippen LogP contribution in [-0.4, -0.2) is 88.8 Å². The number of aromatic nitrogens is 2. The highest BCUT2D eigenvalue weighted by molar-refractivity contribution is 7.69. The SMILES string of the molecule is CCN(CC)CC.O=c1ccn([C@@H]2O[C@H](COP(=O)(O)OP(=O)(O)OP(=O)(O)OP(=O)(O)Oc3cccc(Cl)c3)[C@@H](O)[C@H]2O)c(=O)[nH]1. The van der Waals surface area contributed by atoms with Crippen LogP contribution in [0.15, 0.2) is 46.1 Å². The molecule has 1 saturated heterocycles. The second-order valence-electron chi connectivity index (χ2n) is 9.15. The van der Waals surface area contributed by atoms with E-state index in [-0.39, 0.29) is 5.02 Å². The van der Waals surface area contributed by atoms with Gasteiger partial charge in [-0.2, -0.15) is 12.9 Å². The molecule has 1 aromatic heterocycles. The van der Waals surface area contributed by atoms with Gasteiger partial charge in [-0.3, -0.25) is 23.8 Å². The number of ether oxygens (including phenoxy) is 1. The Kier molecular flexibility index (Phi) is 15.4. The average molecular weight is 776 g/mol. The second-order valence-corrected chi connectivity index (χ2v) is 15.7. The predicted octanol–water partition coefficient (Wildman–Crippen LogP) is 1.70. The molecule has 47 heavy (non-hydrogen) atoms. The van der Waals surface area contributed by atoms with Gasteiger partial charge in [0, 0.05) is 17.3 Å². The molecule has 1 aliphatic rings. The highest BCUT2D eigenvalue weighted by atomic mass is 35.5. The summed E-state index contributed by atoms with van der Waals surface area (Å²) in [4.78, 5) is 65.9. The van der Waals surface area contributed by atoms with E-state index in [1.54, 1.807) is 0 Å². The number of hydrogen-bond acceptors (Lipinski definition) is 15. The van der Waals surface area contributed by atoms with Crippen LogP contribution in [0.5, 0.6) is 5.75 Å². The summed E-state index contributed by atoms with van der Waals surface area (Å²) in [5.41, 5.74) is -1.82. The number of hydrogen-bond donors (Lipinski definition) is 7. The Morgan fingerprint density at radius 3 is 1.94 bits per heavy atom. The van der Waals surface area contributed by atoms with Crippen LogP contribution in [0.1, 0.15) is 27.0 Å². The van der Waals surface area contributed by atoms with E-state index in [0.29, 0.717) is 4.57 Å². The van der Waals surface area contributed by atoms with E-state index < -0.39 is 79.4 Å². The molecule has 1 aliphatic heterocycles. The van der Waals surface area contributed by atoms with Crippen LogP contribution in [-0.2, 0) is 40.5 Å². The Bertz CT molecular complexity index is 1650. The molecule has 0 bridgehead atoms. The van der Waals surface area contributed by atoms with Crippen molar-refractivity contribution in [3.05, 3.63) is 62.4 Å². The van der Waals surface area contributed by atoms with Gasteiger partial charge in [0.15, 0.2) is 6.23 Å². The van der Waals surface area contributed by atoms with Crippen molar-refractivity contribution in [3.8, 4) is 5.75 Å². The number of phosphoric ester groups is 2. The van der Waals surface area contributed by atoms with Gasteiger partial charge in [0.25, 0.3) is 5.56 Å². The van der Waals surface area contributed by atoms with E-state index in [9.17, 15) is 57.6 Å². The first kappa shape index (κ1) is 41.6. The fourth-order valence-electron chi connectivity index (χ4n) is 3.68. The number of nitrogens with one attached hydrogen (secondary N) is 1. The van der Waals surface area contributed by atoms with Gasteiger partial charge in [0.1, 0.15) is 24.1 Å². The number of phosphoric acid groups is 4. The third-order valence-corrected chi connectivity index (χ3v) is 11.9. The number of rotatable bonds is 15. The number of benzene rings is 1. The lowest BCUT2D eigenvalue weighted by Crippen LogP contribution is -2.37. The zero-order chi connectivity index (χ0) is 35.8. The molecule has 0 saturated carbocycles. The fourth-order valence-corrected chi connectivity index (χ4v) is 8.80. The number of aromatic amines is 1. The predicted molar refractivity (Wildman–Crippen MR) is 161 cm³/mol. The molecule has 8 atom stereocenters. The zero-order valence-electron chi connectivity index (χ0n) is 24.7. The quantitative estimate of drug-likeness (QED) is 0.127. The first-order valence-electron chi connectivity index (χ1n) is 13.2. The van der Waals surface area contributed by atoms with Gasteiger partial charge in [-0.05, 0) is 37.8 Å². The first-order chi connectivity index (χ1) is 21.6. The summed E-state index contributed by atoms with van der Waals surface area (Å²) in [5.74, 6) is -0.427. The molecule has 0 spiro atoms. The molecule has 4 unspecified atom stereocenters. The molecular weight excluding hydrogens is 742 g/mol. The van der Waals surface area contributed by atoms with Gasteiger partial charge in [-0.25, -0.2) is 23.1 Å². The monoisotopic (exact) mass is 775 g/mol. The van der Waals surface area contributed by atoms with Crippen LogP contribution < -0.4 is 15.8 Å². The van der Waals surface area contributed by atoms with E-state index >= 15 is 0 Å². The van der Waals surface area contributed by atoms with Crippen molar-refractivity contribution in [2.45, 2.75) is 45.3 Å². The van der Waals surface area contributed by atoms with Crippen molar-refractivity contribution in [1.29, 1.82) is 0 Å². The lowest BCUT2D eigenvalue weighted by Gasteiger charge is -2.21. The van der Waals surface area contributed by atoms with E-state index in [0.717, 1.165) is 24.4 Å². The summed E-state index contributed by atoms with van der Waals surface area (Å²) in [5, 5.41) is 20.3. The van der Waals surface area contributed by atoms with Gasteiger partial charge < -0.3 is 39.1 Å². The van der Waals surface area contributed by atoms with Gasteiger partial charge in [0.2, 0.25) is 0 Å².